The van der Waals surface area contributed by atoms with Gasteiger partial charge in [-0.3, -0.25) is 0 Å². The van der Waals surface area contributed by atoms with Gasteiger partial charge in [0.05, 0.1) is 0 Å². The van der Waals surface area contributed by atoms with E-state index >= 15 is 0 Å². The first-order chi connectivity index (χ1) is 11.6. The maximum atomic E-state index is 8.17. The Balaban J connectivity index is 0.00000100. The van der Waals surface area contributed by atoms with Crippen molar-refractivity contribution in [3.63, 3.8) is 0 Å². The Morgan fingerprint density at radius 2 is 1.29 bits per heavy atom. The summed E-state index contributed by atoms with van der Waals surface area (Å²) in [5.41, 5.74) is 9.59. The highest BCUT2D eigenvalue weighted by Crippen LogP contribution is 2.27. The fourth-order valence-corrected chi connectivity index (χ4v) is 3.25. The summed E-state index contributed by atoms with van der Waals surface area (Å²) < 4.78 is 8.17. The molecule has 122 valence electrons. The second kappa shape index (κ2) is 8.57. The van der Waals surface area contributed by atoms with Crippen LogP contribution >= 0.6 is 9.12 Å². The number of aryl methyl sites for hydroxylation is 3. The Morgan fingerprint density at radius 1 is 0.750 bits per heavy atom. The van der Waals surface area contributed by atoms with Crippen LogP contribution in [-0.2, 0) is 11.0 Å². The van der Waals surface area contributed by atoms with E-state index in [1.807, 2.05) is 0 Å². The lowest BCUT2D eigenvalue weighted by molar-refractivity contribution is 0.607. The largest absolute Gasteiger partial charge is 0.310 e. The van der Waals surface area contributed by atoms with Gasteiger partial charge in [0.1, 0.15) is 0 Å². The minimum atomic E-state index is 0.989. The average Bonchev–Trinajstić information content (AvgIpc) is 2.61. The molecule has 1 atom stereocenters. The van der Waals surface area contributed by atoms with Crippen molar-refractivity contribution >= 4 is 9.12 Å². The summed E-state index contributed by atoms with van der Waals surface area (Å²) in [7, 11) is 1.17. The van der Waals surface area contributed by atoms with Crippen LogP contribution in [0.25, 0.3) is 11.1 Å². The van der Waals surface area contributed by atoms with E-state index in [0.29, 0.717) is 0 Å². The van der Waals surface area contributed by atoms with Gasteiger partial charge < -0.3 is 0 Å². The molecule has 0 saturated heterocycles. The second-order valence-electron chi connectivity index (χ2n) is 6.08. The van der Waals surface area contributed by atoms with E-state index in [0.717, 1.165) is 6.42 Å². The second-order valence-corrected chi connectivity index (χ2v) is 6.08. The topological polar surface area (TPSA) is 17.1 Å². The molecule has 3 aromatic rings. The summed E-state index contributed by atoms with van der Waals surface area (Å²) in [6.07, 6.45) is 0.989. The molecule has 2 heteroatoms. The Labute approximate surface area is 147 Å². The van der Waals surface area contributed by atoms with E-state index in [9.17, 15) is 0 Å². The Kier molecular flexibility index (Phi) is 6.46. The van der Waals surface area contributed by atoms with E-state index in [1.165, 1.54) is 48.1 Å². The molecule has 3 aromatic carbocycles. The van der Waals surface area contributed by atoms with Gasteiger partial charge in [0.15, 0.2) is 0 Å². The smallest absolute Gasteiger partial charge is 0.0801 e. The van der Waals surface area contributed by atoms with Crippen LogP contribution in [0.3, 0.4) is 0 Å². The van der Waals surface area contributed by atoms with E-state index < -0.39 is 0 Å². The van der Waals surface area contributed by atoms with E-state index in [-0.39, 0.29) is 0 Å². The van der Waals surface area contributed by atoms with Crippen LogP contribution in [0.15, 0.2) is 66.7 Å². The van der Waals surface area contributed by atoms with Crippen molar-refractivity contribution in [2.24, 2.45) is 0 Å². The first-order valence-electron chi connectivity index (χ1n) is 8.09. The zero-order valence-corrected chi connectivity index (χ0v) is 15.7. The molecular formula is C22H24OP+. The predicted octanol–water partition coefficient (Wildman–Crippen LogP) is 6.08. The van der Waals surface area contributed by atoms with Crippen LogP contribution in [0.5, 0.6) is 0 Å². The van der Waals surface area contributed by atoms with Gasteiger partial charge in [-0.05, 0) is 60.6 Å². The third kappa shape index (κ3) is 4.19. The first-order valence-corrected chi connectivity index (χ1v) is 8.56. The molecule has 1 nitrogen and oxygen atoms in total. The molecule has 0 aromatic heterocycles. The van der Waals surface area contributed by atoms with Crippen LogP contribution < -0.4 is 0 Å². The van der Waals surface area contributed by atoms with Gasteiger partial charge in [-0.1, -0.05) is 76.9 Å². The number of rotatable bonds is 3. The lowest BCUT2D eigenvalue weighted by atomic mass is 9.90. The summed E-state index contributed by atoms with van der Waals surface area (Å²) >= 11 is 0. The van der Waals surface area contributed by atoms with E-state index in [1.54, 1.807) is 0 Å². The van der Waals surface area contributed by atoms with Crippen molar-refractivity contribution in [1.29, 1.82) is 0 Å². The van der Waals surface area contributed by atoms with Gasteiger partial charge in [0.2, 0.25) is 0 Å². The minimum Gasteiger partial charge on any atom is -0.0801 e. The van der Waals surface area contributed by atoms with Crippen LogP contribution in [0.2, 0.25) is 0 Å². The van der Waals surface area contributed by atoms with Crippen molar-refractivity contribution in [3.8, 4) is 11.1 Å². The molecule has 0 aliphatic carbocycles. The highest BCUT2D eigenvalue weighted by atomic mass is 31.0. The van der Waals surface area contributed by atoms with Crippen LogP contribution in [0, 0.1) is 20.8 Å². The van der Waals surface area contributed by atoms with Crippen LogP contribution in [-0.4, -0.2) is 0 Å². The van der Waals surface area contributed by atoms with Crippen LogP contribution in [0.1, 0.15) is 27.8 Å². The SMILES string of the molecule is Cc1cc(C)c(Cc2ccccc2-c2ccccc2)c(C)c1.O=[PH2+]. The summed E-state index contributed by atoms with van der Waals surface area (Å²) in [4.78, 5) is 0. The molecule has 0 N–H and O–H groups in total. The van der Waals surface area contributed by atoms with Gasteiger partial charge in [-0.2, -0.15) is 0 Å². The number of benzene rings is 3. The maximum Gasteiger partial charge on any atom is 0.310 e. The van der Waals surface area contributed by atoms with Gasteiger partial charge in [0, 0.05) is 0 Å². The Bertz CT molecular complexity index is 786. The average molecular weight is 335 g/mol. The molecule has 0 saturated carbocycles. The standard InChI is InChI=1S/C22H22.H2OP/c1-16-13-17(2)22(18(3)14-16)15-20-11-7-8-12-21(20)19-9-5-4-6-10-19;1-2/h4-14H,15H2,1-3H3;2H2/q;+1. The molecule has 0 spiro atoms. The fourth-order valence-electron chi connectivity index (χ4n) is 3.25. The molecule has 0 amide bonds. The van der Waals surface area contributed by atoms with Crippen molar-refractivity contribution in [2.45, 2.75) is 27.2 Å². The predicted molar refractivity (Wildman–Crippen MR) is 106 cm³/mol. The maximum absolute atomic E-state index is 8.17. The molecule has 0 radical (unpaired) electrons. The van der Waals surface area contributed by atoms with Crippen molar-refractivity contribution < 1.29 is 4.57 Å². The van der Waals surface area contributed by atoms with E-state index in [4.69, 9.17) is 4.57 Å². The summed E-state index contributed by atoms with van der Waals surface area (Å²) in [5.74, 6) is 0. The molecular weight excluding hydrogens is 311 g/mol. The first kappa shape index (κ1) is 18.1. The molecule has 0 aliphatic heterocycles. The Morgan fingerprint density at radius 3 is 1.92 bits per heavy atom. The molecule has 0 heterocycles. The van der Waals surface area contributed by atoms with Gasteiger partial charge in [-0.25, -0.2) is 0 Å². The molecule has 0 bridgehead atoms. The monoisotopic (exact) mass is 335 g/mol. The Hall–Kier alpha value is -2.24. The molecule has 24 heavy (non-hydrogen) atoms. The zero-order valence-electron chi connectivity index (χ0n) is 14.5. The summed E-state index contributed by atoms with van der Waals surface area (Å²) in [6, 6.07) is 24.0. The molecule has 0 fully saturated rings. The van der Waals surface area contributed by atoms with E-state index in [2.05, 4.69) is 87.5 Å². The van der Waals surface area contributed by atoms with Crippen molar-refractivity contribution in [3.05, 3.63) is 94.5 Å². The van der Waals surface area contributed by atoms with Gasteiger partial charge in [-0.15, -0.1) is 0 Å². The van der Waals surface area contributed by atoms with Crippen molar-refractivity contribution in [1.82, 2.24) is 0 Å². The zero-order chi connectivity index (χ0) is 17.5. The fraction of sp³-hybridized carbons (Fsp3) is 0.182. The van der Waals surface area contributed by atoms with Crippen molar-refractivity contribution in [2.75, 3.05) is 0 Å². The van der Waals surface area contributed by atoms with Gasteiger partial charge in [0.25, 0.3) is 0 Å². The summed E-state index contributed by atoms with van der Waals surface area (Å²) in [6.45, 7) is 6.61. The normalized spacial score (nSPS) is 9.96. The van der Waals surface area contributed by atoms with Crippen LogP contribution in [0.4, 0.5) is 0 Å². The quantitative estimate of drug-likeness (QED) is 0.530. The summed E-state index contributed by atoms with van der Waals surface area (Å²) in [5, 5.41) is 0. The molecule has 3 rings (SSSR count). The number of hydrogen-bond acceptors (Lipinski definition) is 1. The van der Waals surface area contributed by atoms with Gasteiger partial charge >= 0.3 is 9.12 Å². The molecule has 1 unspecified atom stereocenters. The highest BCUT2D eigenvalue weighted by Gasteiger charge is 2.09. The third-order valence-corrected chi connectivity index (χ3v) is 4.31. The lowest BCUT2D eigenvalue weighted by Crippen LogP contribution is -1.98. The highest BCUT2D eigenvalue weighted by molar-refractivity contribution is 7.00. The third-order valence-electron chi connectivity index (χ3n) is 4.31. The lowest BCUT2D eigenvalue weighted by Gasteiger charge is -2.14. The number of hydrogen-bond donors (Lipinski definition) is 0. The minimum absolute atomic E-state index is 0.989. The molecule has 0 aliphatic rings.